The van der Waals surface area contributed by atoms with Gasteiger partial charge in [-0.1, -0.05) is 12.1 Å². The Morgan fingerprint density at radius 2 is 1.90 bits per heavy atom. The van der Waals surface area contributed by atoms with Gasteiger partial charge >= 0.3 is 0 Å². The number of hydrogen-bond donors (Lipinski definition) is 1. The predicted molar refractivity (Wildman–Crippen MR) is 106 cm³/mol. The van der Waals surface area contributed by atoms with Crippen LogP contribution >= 0.6 is 0 Å². The van der Waals surface area contributed by atoms with Crippen LogP contribution in [0.2, 0.25) is 0 Å². The van der Waals surface area contributed by atoms with Gasteiger partial charge in [0.25, 0.3) is 5.91 Å². The average molecular weight is 387 g/mol. The standard InChI is InChI=1S/C22H21N5O2/c23-9-17-6-5-14(10-24-17)22(29)26-11-15-7-20(21(28)8-16(15)12-26)27-13-25-18-3-1-2-4-19(18)27/h1-6,10,13,15-16,20-21,28H,7-8,11-12H2/t15-,16+,20-,21-/m1/s1. The number of carbonyl (C=O) groups is 1. The number of pyridine rings is 1. The molecule has 2 fully saturated rings. The van der Waals surface area contributed by atoms with Crippen molar-refractivity contribution in [2.24, 2.45) is 11.8 Å². The minimum absolute atomic E-state index is 0.0321. The van der Waals surface area contributed by atoms with Crippen LogP contribution in [0.25, 0.3) is 11.0 Å². The lowest BCUT2D eigenvalue weighted by atomic mass is 9.77. The first-order valence-corrected chi connectivity index (χ1v) is 9.89. The second-order valence-corrected chi connectivity index (χ2v) is 8.02. The third-order valence-corrected chi connectivity index (χ3v) is 6.36. The highest BCUT2D eigenvalue weighted by molar-refractivity contribution is 5.94. The van der Waals surface area contributed by atoms with Gasteiger partial charge < -0.3 is 14.6 Å². The molecule has 0 spiro atoms. The molecule has 0 bridgehead atoms. The molecule has 2 aliphatic rings. The van der Waals surface area contributed by atoms with E-state index in [1.165, 1.54) is 6.20 Å². The largest absolute Gasteiger partial charge is 0.391 e. The predicted octanol–water partition coefficient (Wildman–Crippen LogP) is 2.39. The number of benzene rings is 1. The summed E-state index contributed by atoms with van der Waals surface area (Å²) in [7, 11) is 0. The van der Waals surface area contributed by atoms with Crippen molar-refractivity contribution in [2.75, 3.05) is 13.1 Å². The van der Waals surface area contributed by atoms with Gasteiger partial charge in [-0.25, -0.2) is 9.97 Å². The Morgan fingerprint density at radius 1 is 1.10 bits per heavy atom. The van der Waals surface area contributed by atoms with Crippen LogP contribution in [0.1, 0.15) is 34.9 Å². The summed E-state index contributed by atoms with van der Waals surface area (Å²) in [6.07, 6.45) is 4.33. The molecule has 4 atom stereocenters. The minimum Gasteiger partial charge on any atom is -0.391 e. The number of nitrogens with zero attached hydrogens (tertiary/aromatic N) is 5. The first-order chi connectivity index (χ1) is 14.1. The van der Waals surface area contributed by atoms with Gasteiger partial charge in [-0.3, -0.25) is 4.79 Å². The second kappa shape index (κ2) is 6.98. The molecule has 1 aliphatic heterocycles. The summed E-state index contributed by atoms with van der Waals surface area (Å²) in [6, 6.07) is 13.1. The van der Waals surface area contributed by atoms with E-state index < -0.39 is 6.10 Å². The molecular weight excluding hydrogens is 366 g/mol. The van der Waals surface area contributed by atoms with Crippen molar-refractivity contribution >= 4 is 16.9 Å². The van der Waals surface area contributed by atoms with Gasteiger partial charge in [-0.05, 0) is 48.9 Å². The number of aromatic nitrogens is 3. The molecule has 1 amide bonds. The van der Waals surface area contributed by atoms with E-state index in [-0.39, 0.29) is 11.9 Å². The number of rotatable bonds is 2. The van der Waals surface area contributed by atoms with Crippen LogP contribution in [-0.4, -0.2) is 49.6 Å². The van der Waals surface area contributed by atoms with Gasteiger partial charge in [0.1, 0.15) is 11.8 Å². The normalized spacial score (nSPS) is 26.3. The van der Waals surface area contributed by atoms with Crippen molar-refractivity contribution < 1.29 is 9.90 Å². The summed E-state index contributed by atoms with van der Waals surface area (Å²) in [5, 5.41) is 19.7. The lowest BCUT2D eigenvalue weighted by Crippen LogP contribution is -2.36. The van der Waals surface area contributed by atoms with Crippen molar-refractivity contribution in [1.29, 1.82) is 5.26 Å². The molecule has 29 heavy (non-hydrogen) atoms. The molecule has 1 aromatic carbocycles. The van der Waals surface area contributed by atoms with E-state index >= 15 is 0 Å². The first kappa shape index (κ1) is 17.8. The van der Waals surface area contributed by atoms with E-state index in [2.05, 4.69) is 14.5 Å². The summed E-state index contributed by atoms with van der Waals surface area (Å²) >= 11 is 0. The molecule has 7 nitrogen and oxygen atoms in total. The van der Waals surface area contributed by atoms with Gasteiger partial charge in [-0.15, -0.1) is 0 Å². The maximum atomic E-state index is 12.9. The zero-order valence-electron chi connectivity index (χ0n) is 15.8. The zero-order valence-corrected chi connectivity index (χ0v) is 15.8. The van der Waals surface area contributed by atoms with E-state index in [1.54, 1.807) is 12.1 Å². The lowest BCUT2D eigenvalue weighted by Gasteiger charge is -2.36. The third kappa shape index (κ3) is 3.06. The highest BCUT2D eigenvalue weighted by Gasteiger charge is 2.43. The highest BCUT2D eigenvalue weighted by Crippen LogP contribution is 2.42. The number of likely N-dealkylation sites (tertiary alicyclic amines) is 1. The van der Waals surface area contributed by atoms with Crippen LogP contribution in [0.5, 0.6) is 0 Å². The summed E-state index contributed by atoms with van der Waals surface area (Å²) in [6.45, 7) is 1.33. The molecule has 7 heteroatoms. The monoisotopic (exact) mass is 387 g/mol. The number of amides is 1. The number of aliphatic hydroxyl groups excluding tert-OH is 1. The van der Waals surface area contributed by atoms with Gasteiger partial charge in [0.2, 0.25) is 0 Å². The minimum atomic E-state index is -0.458. The Kier molecular flexibility index (Phi) is 4.29. The molecular formula is C22H21N5O2. The number of hydrogen-bond acceptors (Lipinski definition) is 5. The number of para-hydroxylation sites is 2. The Morgan fingerprint density at radius 3 is 2.66 bits per heavy atom. The van der Waals surface area contributed by atoms with Gasteiger partial charge in [0.15, 0.2) is 0 Å². The van der Waals surface area contributed by atoms with Crippen LogP contribution in [0.15, 0.2) is 48.9 Å². The SMILES string of the molecule is N#Cc1ccc(C(=O)N2C[C@H]3C[C@@H](n4cnc5ccccc54)[C@H](O)C[C@H]3C2)cn1. The Labute approximate surface area is 168 Å². The van der Waals surface area contributed by atoms with E-state index in [4.69, 9.17) is 5.26 Å². The van der Waals surface area contributed by atoms with Crippen LogP contribution in [0.4, 0.5) is 0 Å². The summed E-state index contributed by atoms with van der Waals surface area (Å²) in [4.78, 5) is 23.2. The Hall–Kier alpha value is -3.24. The van der Waals surface area contributed by atoms with E-state index in [9.17, 15) is 9.90 Å². The third-order valence-electron chi connectivity index (χ3n) is 6.36. The van der Waals surface area contributed by atoms with E-state index in [1.807, 2.05) is 41.6 Å². The van der Waals surface area contributed by atoms with Crippen LogP contribution in [0.3, 0.4) is 0 Å². The topological polar surface area (TPSA) is 95.0 Å². The molecule has 5 rings (SSSR count). The summed E-state index contributed by atoms with van der Waals surface area (Å²) in [5.74, 6) is 0.585. The smallest absolute Gasteiger partial charge is 0.255 e. The fraction of sp³-hybridized carbons (Fsp3) is 0.364. The molecule has 0 unspecified atom stereocenters. The average Bonchev–Trinajstić information content (AvgIpc) is 3.36. The second-order valence-electron chi connectivity index (χ2n) is 8.02. The van der Waals surface area contributed by atoms with E-state index in [0.29, 0.717) is 42.6 Å². The fourth-order valence-electron chi connectivity index (χ4n) is 4.88. The van der Waals surface area contributed by atoms with Crippen molar-refractivity contribution in [3.05, 3.63) is 60.2 Å². The molecule has 1 aliphatic carbocycles. The number of fused-ring (bicyclic) bond motifs is 2. The van der Waals surface area contributed by atoms with Gasteiger partial charge in [-0.2, -0.15) is 5.26 Å². The molecule has 3 heterocycles. The van der Waals surface area contributed by atoms with Crippen LogP contribution in [0, 0.1) is 23.2 Å². The molecule has 3 aromatic rings. The number of aliphatic hydroxyl groups is 1. The van der Waals surface area contributed by atoms with Crippen LogP contribution in [-0.2, 0) is 0 Å². The Bertz CT molecular complexity index is 1100. The molecule has 1 saturated heterocycles. The maximum absolute atomic E-state index is 12.9. The van der Waals surface area contributed by atoms with Gasteiger partial charge in [0, 0.05) is 19.3 Å². The Balaban J connectivity index is 1.34. The molecule has 146 valence electrons. The van der Waals surface area contributed by atoms with Gasteiger partial charge in [0.05, 0.1) is 35.1 Å². The summed E-state index contributed by atoms with van der Waals surface area (Å²) < 4.78 is 2.09. The van der Waals surface area contributed by atoms with Crippen molar-refractivity contribution in [2.45, 2.75) is 25.0 Å². The lowest BCUT2D eigenvalue weighted by molar-refractivity contribution is 0.0374. The number of carbonyl (C=O) groups excluding carboxylic acids is 1. The molecule has 1 saturated carbocycles. The quantitative estimate of drug-likeness (QED) is 0.728. The zero-order chi connectivity index (χ0) is 20.0. The maximum Gasteiger partial charge on any atom is 0.255 e. The van der Waals surface area contributed by atoms with Crippen molar-refractivity contribution in [3.8, 4) is 6.07 Å². The highest BCUT2D eigenvalue weighted by atomic mass is 16.3. The van der Waals surface area contributed by atoms with Crippen molar-refractivity contribution in [3.63, 3.8) is 0 Å². The van der Waals surface area contributed by atoms with Crippen LogP contribution < -0.4 is 0 Å². The fourth-order valence-corrected chi connectivity index (χ4v) is 4.88. The molecule has 2 aromatic heterocycles. The first-order valence-electron chi connectivity index (χ1n) is 9.89. The van der Waals surface area contributed by atoms with Crippen molar-refractivity contribution in [1.82, 2.24) is 19.4 Å². The molecule has 1 N–H and O–H groups in total. The molecule has 0 radical (unpaired) electrons. The number of imidazole rings is 1. The number of nitriles is 1. The summed E-state index contributed by atoms with van der Waals surface area (Å²) in [5.41, 5.74) is 2.76. The van der Waals surface area contributed by atoms with E-state index in [0.717, 1.165) is 17.5 Å².